The molecule has 3 rings (SSSR count). The fourth-order valence-electron chi connectivity index (χ4n) is 2.36. The van der Waals surface area contributed by atoms with E-state index < -0.39 is 0 Å². The van der Waals surface area contributed by atoms with Crippen molar-refractivity contribution in [3.05, 3.63) is 53.7 Å². The monoisotopic (exact) mass is 274 g/mol. The number of fused-ring (bicyclic) bond motifs is 1. The Kier molecular flexibility index (Phi) is 3.25. The SMILES string of the molecule is CCc1nc(N)ccc1-c1ccc2ccc(C#N)cc2n1. The first-order valence-corrected chi connectivity index (χ1v) is 6.78. The van der Waals surface area contributed by atoms with Gasteiger partial charge in [-0.2, -0.15) is 5.26 Å². The summed E-state index contributed by atoms with van der Waals surface area (Å²) in [6.45, 7) is 2.04. The Morgan fingerprint density at radius 1 is 1.10 bits per heavy atom. The first-order valence-electron chi connectivity index (χ1n) is 6.78. The predicted octanol–water partition coefficient (Wildman–Crippen LogP) is 3.31. The smallest absolute Gasteiger partial charge is 0.123 e. The molecule has 1 aromatic carbocycles. The Hall–Kier alpha value is -2.93. The molecule has 0 unspecified atom stereocenters. The number of nitriles is 1. The number of nitrogen functional groups attached to an aromatic ring is 1. The Morgan fingerprint density at radius 2 is 1.90 bits per heavy atom. The van der Waals surface area contributed by atoms with Gasteiger partial charge >= 0.3 is 0 Å². The Bertz CT molecular complexity index is 862. The third-order valence-corrected chi connectivity index (χ3v) is 3.43. The molecule has 0 fully saturated rings. The molecule has 102 valence electrons. The van der Waals surface area contributed by atoms with Crippen molar-refractivity contribution in [2.24, 2.45) is 0 Å². The standard InChI is InChI=1S/C17H14N4/c1-2-14-13(6-8-17(19)21-14)15-7-5-12-4-3-11(10-18)9-16(12)20-15/h3-9H,2H2,1H3,(H2,19,21). The lowest BCUT2D eigenvalue weighted by Gasteiger charge is -2.08. The molecule has 2 N–H and O–H groups in total. The lowest BCUT2D eigenvalue weighted by Crippen LogP contribution is -1.98. The maximum atomic E-state index is 8.99. The van der Waals surface area contributed by atoms with Crippen molar-refractivity contribution >= 4 is 16.7 Å². The molecule has 0 aliphatic carbocycles. The average Bonchev–Trinajstić information content (AvgIpc) is 2.53. The van der Waals surface area contributed by atoms with Crippen LogP contribution < -0.4 is 5.73 Å². The van der Waals surface area contributed by atoms with Crippen LogP contribution in [-0.4, -0.2) is 9.97 Å². The molecule has 0 amide bonds. The molecule has 4 nitrogen and oxygen atoms in total. The third-order valence-electron chi connectivity index (χ3n) is 3.43. The van der Waals surface area contributed by atoms with Crippen LogP contribution in [0, 0.1) is 11.3 Å². The van der Waals surface area contributed by atoms with E-state index in [0.717, 1.165) is 34.3 Å². The average molecular weight is 274 g/mol. The minimum Gasteiger partial charge on any atom is -0.384 e. The molecule has 2 heterocycles. The van der Waals surface area contributed by atoms with E-state index in [4.69, 9.17) is 11.0 Å². The topological polar surface area (TPSA) is 75.6 Å². The molecule has 0 atom stereocenters. The van der Waals surface area contributed by atoms with Crippen LogP contribution in [0.3, 0.4) is 0 Å². The van der Waals surface area contributed by atoms with Crippen LogP contribution in [0.2, 0.25) is 0 Å². The van der Waals surface area contributed by atoms with Crippen LogP contribution in [0.1, 0.15) is 18.2 Å². The highest BCUT2D eigenvalue weighted by atomic mass is 14.8. The molecule has 0 bridgehead atoms. The van der Waals surface area contributed by atoms with Gasteiger partial charge in [0.25, 0.3) is 0 Å². The molecule has 4 heteroatoms. The highest BCUT2D eigenvalue weighted by Gasteiger charge is 2.08. The highest BCUT2D eigenvalue weighted by Crippen LogP contribution is 2.25. The minimum absolute atomic E-state index is 0.517. The van der Waals surface area contributed by atoms with Crippen molar-refractivity contribution in [1.82, 2.24) is 9.97 Å². The first-order chi connectivity index (χ1) is 10.2. The molecule has 2 aromatic heterocycles. The van der Waals surface area contributed by atoms with E-state index in [2.05, 4.69) is 16.0 Å². The summed E-state index contributed by atoms with van der Waals surface area (Å²) in [5.74, 6) is 0.517. The zero-order valence-electron chi connectivity index (χ0n) is 11.7. The fourth-order valence-corrected chi connectivity index (χ4v) is 2.36. The number of nitrogens with two attached hydrogens (primary N) is 1. The van der Waals surface area contributed by atoms with Crippen molar-refractivity contribution < 1.29 is 0 Å². The molecular weight excluding hydrogens is 260 g/mol. The van der Waals surface area contributed by atoms with Gasteiger partial charge in [0, 0.05) is 10.9 Å². The Balaban J connectivity index is 2.19. The van der Waals surface area contributed by atoms with Gasteiger partial charge in [0.2, 0.25) is 0 Å². The molecule has 0 spiro atoms. The van der Waals surface area contributed by atoms with Gasteiger partial charge in [-0.15, -0.1) is 0 Å². The van der Waals surface area contributed by atoms with E-state index in [-0.39, 0.29) is 0 Å². The van der Waals surface area contributed by atoms with Gasteiger partial charge in [-0.05, 0) is 36.8 Å². The second-order valence-corrected chi connectivity index (χ2v) is 4.80. The minimum atomic E-state index is 0.517. The van der Waals surface area contributed by atoms with Crippen LogP contribution in [0.5, 0.6) is 0 Å². The van der Waals surface area contributed by atoms with Gasteiger partial charge in [-0.25, -0.2) is 9.97 Å². The number of aromatic nitrogens is 2. The summed E-state index contributed by atoms with van der Waals surface area (Å²) in [6.07, 6.45) is 0.790. The lowest BCUT2D eigenvalue weighted by molar-refractivity contribution is 1.04. The van der Waals surface area contributed by atoms with Gasteiger partial charge in [-0.1, -0.05) is 19.1 Å². The van der Waals surface area contributed by atoms with Crippen molar-refractivity contribution in [3.63, 3.8) is 0 Å². The molecule has 0 aliphatic heterocycles. The zero-order valence-corrected chi connectivity index (χ0v) is 11.7. The van der Waals surface area contributed by atoms with E-state index >= 15 is 0 Å². The molecule has 21 heavy (non-hydrogen) atoms. The Morgan fingerprint density at radius 3 is 2.67 bits per heavy atom. The second-order valence-electron chi connectivity index (χ2n) is 4.80. The first kappa shape index (κ1) is 13.1. The summed E-state index contributed by atoms with van der Waals surface area (Å²) in [6, 6.07) is 15.4. The zero-order chi connectivity index (χ0) is 14.8. The van der Waals surface area contributed by atoms with Gasteiger partial charge < -0.3 is 5.73 Å². The van der Waals surface area contributed by atoms with Crippen molar-refractivity contribution in [1.29, 1.82) is 5.26 Å². The number of rotatable bonds is 2. The number of pyridine rings is 2. The van der Waals surface area contributed by atoms with E-state index in [1.807, 2.05) is 31.2 Å². The molecule has 0 aliphatic rings. The van der Waals surface area contributed by atoms with Gasteiger partial charge in [0.05, 0.1) is 28.5 Å². The number of anilines is 1. The molecule has 0 saturated carbocycles. The number of aryl methyl sites for hydroxylation is 1. The summed E-state index contributed by atoms with van der Waals surface area (Å²) in [5.41, 5.74) is 9.92. The molecular formula is C17H14N4. The van der Waals surface area contributed by atoms with Gasteiger partial charge in [0.15, 0.2) is 0 Å². The number of hydrogen-bond donors (Lipinski definition) is 1. The second kappa shape index (κ2) is 5.22. The van der Waals surface area contributed by atoms with Crippen LogP contribution in [0.4, 0.5) is 5.82 Å². The molecule has 3 aromatic rings. The predicted molar refractivity (Wildman–Crippen MR) is 83.5 cm³/mol. The van der Waals surface area contributed by atoms with E-state index in [9.17, 15) is 0 Å². The van der Waals surface area contributed by atoms with Crippen molar-refractivity contribution in [2.75, 3.05) is 5.73 Å². The quantitative estimate of drug-likeness (QED) is 0.777. The number of nitrogens with zero attached hydrogens (tertiary/aromatic N) is 3. The van der Waals surface area contributed by atoms with Crippen LogP contribution in [0.25, 0.3) is 22.2 Å². The van der Waals surface area contributed by atoms with Crippen LogP contribution in [0.15, 0.2) is 42.5 Å². The van der Waals surface area contributed by atoms with Gasteiger partial charge in [-0.3, -0.25) is 0 Å². The number of benzene rings is 1. The lowest BCUT2D eigenvalue weighted by atomic mass is 10.1. The third kappa shape index (κ3) is 2.41. The summed E-state index contributed by atoms with van der Waals surface area (Å²) < 4.78 is 0. The van der Waals surface area contributed by atoms with E-state index in [1.165, 1.54) is 0 Å². The summed E-state index contributed by atoms with van der Waals surface area (Å²) in [7, 11) is 0. The summed E-state index contributed by atoms with van der Waals surface area (Å²) in [4.78, 5) is 9.03. The van der Waals surface area contributed by atoms with Crippen LogP contribution >= 0.6 is 0 Å². The fraction of sp³-hybridized carbons (Fsp3) is 0.118. The molecule has 0 radical (unpaired) electrons. The van der Waals surface area contributed by atoms with Crippen molar-refractivity contribution in [3.8, 4) is 17.3 Å². The maximum absolute atomic E-state index is 8.99. The van der Waals surface area contributed by atoms with E-state index in [0.29, 0.717) is 11.4 Å². The van der Waals surface area contributed by atoms with E-state index in [1.54, 1.807) is 18.2 Å². The largest absolute Gasteiger partial charge is 0.384 e. The van der Waals surface area contributed by atoms with Gasteiger partial charge in [0.1, 0.15) is 5.82 Å². The Labute approximate surface area is 122 Å². The highest BCUT2D eigenvalue weighted by molar-refractivity contribution is 5.83. The summed E-state index contributed by atoms with van der Waals surface area (Å²) in [5, 5.41) is 10.0. The molecule has 0 saturated heterocycles. The van der Waals surface area contributed by atoms with Crippen LogP contribution in [-0.2, 0) is 6.42 Å². The maximum Gasteiger partial charge on any atom is 0.123 e. The summed E-state index contributed by atoms with van der Waals surface area (Å²) >= 11 is 0. The number of hydrogen-bond acceptors (Lipinski definition) is 4. The normalized spacial score (nSPS) is 10.5. The van der Waals surface area contributed by atoms with Crippen molar-refractivity contribution in [2.45, 2.75) is 13.3 Å².